The first-order valence-electron chi connectivity index (χ1n) is 14.9. The van der Waals surface area contributed by atoms with Crippen LogP contribution in [0.1, 0.15) is 37.9 Å². The van der Waals surface area contributed by atoms with Crippen LogP contribution in [-0.2, 0) is 19.1 Å². The Bertz CT molecular complexity index is 2080. The molecule has 0 fully saturated rings. The average Bonchev–Trinajstić information content (AvgIpc) is 3.37. The van der Waals surface area contributed by atoms with E-state index in [1.54, 1.807) is 62.4 Å². The summed E-state index contributed by atoms with van der Waals surface area (Å²) in [5, 5.41) is 1.12. The van der Waals surface area contributed by atoms with E-state index in [4.69, 9.17) is 23.7 Å². The predicted molar refractivity (Wildman–Crippen MR) is 171 cm³/mol. The number of thiazole rings is 1. The zero-order valence-corrected chi connectivity index (χ0v) is 27.2. The van der Waals surface area contributed by atoms with Crippen molar-refractivity contribution >= 4 is 40.1 Å². The minimum atomic E-state index is -5.07. The molecular formula is C34H31F3N2O8S. The van der Waals surface area contributed by atoms with Crippen LogP contribution in [-0.4, -0.2) is 56.2 Å². The SMILES string of the molecule is CCOC(=O)COc1ccc(/C=c2\sc3n(c2=O)[C@@H](c2c(OC)ccc4ccccc24)C(C(=O)OCC)=C(C(F)(F)F)N=3)cc1OCC. The van der Waals surface area contributed by atoms with Gasteiger partial charge in [0.15, 0.2) is 28.6 Å². The second-order valence-electron chi connectivity index (χ2n) is 10.2. The maximum absolute atomic E-state index is 14.7. The Morgan fingerprint density at radius 2 is 1.67 bits per heavy atom. The molecule has 0 N–H and O–H groups in total. The highest BCUT2D eigenvalue weighted by Crippen LogP contribution is 2.43. The molecule has 1 aliphatic heterocycles. The summed E-state index contributed by atoms with van der Waals surface area (Å²) in [5.74, 6) is -1.14. The molecule has 0 aliphatic carbocycles. The molecule has 3 aromatic carbocycles. The summed E-state index contributed by atoms with van der Waals surface area (Å²) in [6.45, 7) is 4.78. The van der Waals surface area contributed by atoms with Crippen molar-refractivity contribution in [3.8, 4) is 17.2 Å². The standard InChI is InChI=1S/C34H31F3N2O8S/c1-5-44-24-16-19(12-14-22(24)47-18-26(40)45-6-2)17-25-31(41)39-29(27-21-11-9-8-10-20(21)13-15-23(27)43-4)28(32(42)46-7-3)30(34(35,36)37)38-33(39)48-25/h8-17,29H,5-7,18H2,1-4H3/b25-17-/t29-/m0/s1. The number of benzene rings is 3. The van der Waals surface area contributed by atoms with Gasteiger partial charge in [-0.3, -0.25) is 9.36 Å². The van der Waals surface area contributed by atoms with Crippen LogP contribution in [0.5, 0.6) is 17.2 Å². The second-order valence-corrected chi connectivity index (χ2v) is 11.2. The van der Waals surface area contributed by atoms with Crippen LogP contribution in [0, 0.1) is 0 Å². The molecule has 1 aromatic heterocycles. The molecule has 4 aromatic rings. The zero-order valence-electron chi connectivity index (χ0n) is 26.4. The van der Waals surface area contributed by atoms with Gasteiger partial charge in [0, 0.05) is 5.56 Å². The summed E-state index contributed by atoms with van der Waals surface area (Å²) in [6, 6.07) is 13.3. The van der Waals surface area contributed by atoms with Crippen LogP contribution < -0.4 is 29.1 Å². The molecule has 0 saturated heterocycles. The van der Waals surface area contributed by atoms with E-state index in [0.29, 0.717) is 16.3 Å². The van der Waals surface area contributed by atoms with Crippen LogP contribution in [0.4, 0.5) is 13.2 Å². The number of rotatable bonds is 11. The van der Waals surface area contributed by atoms with E-state index in [1.807, 2.05) is 0 Å². The molecule has 1 atom stereocenters. The Labute approximate surface area is 276 Å². The van der Waals surface area contributed by atoms with E-state index in [-0.39, 0.29) is 58.6 Å². The van der Waals surface area contributed by atoms with Crippen molar-refractivity contribution in [1.82, 2.24) is 4.57 Å². The third-order valence-corrected chi connectivity index (χ3v) is 8.22. The highest BCUT2D eigenvalue weighted by Gasteiger charge is 2.46. The van der Waals surface area contributed by atoms with Gasteiger partial charge in [-0.15, -0.1) is 0 Å². The molecule has 5 rings (SSSR count). The molecule has 2 heterocycles. The molecular weight excluding hydrogens is 653 g/mol. The fourth-order valence-corrected chi connectivity index (χ4v) is 6.34. The Hall–Kier alpha value is -5.11. The molecule has 0 amide bonds. The van der Waals surface area contributed by atoms with Crippen molar-refractivity contribution in [2.75, 3.05) is 33.5 Å². The number of esters is 2. The summed E-state index contributed by atoms with van der Waals surface area (Å²) in [4.78, 5) is 43.0. The van der Waals surface area contributed by atoms with E-state index in [1.165, 1.54) is 26.2 Å². The smallest absolute Gasteiger partial charge is 0.434 e. The van der Waals surface area contributed by atoms with Crippen LogP contribution in [0.15, 0.2) is 75.7 Å². The second kappa shape index (κ2) is 14.3. The first kappa shape index (κ1) is 34.2. The Morgan fingerprint density at radius 3 is 2.35 bits per heavy atom. The lowest BCUT2D eigenvalue weighted by Gasteiger charge is -2.28. The topological polar surface area (TPSA) is 115 Å². The average molecular weight is 685 g/mol. The van der Waals surface area contributed by atoms with Crippen molar-refractivity contribution in [2.24, 2.45) is 4.99 Å². The minimum Gasteiger partial charge on any atom is -0.496 e. The number of hydrogen-bond acceptors (Lipinski definition) is 10. The number of hydrogen-bond donors (Lipinski definition) is 0. The van der Waals surface area contributed by atoms with E-state index >= 15 is 0 Å². The highest BCUT2D eigenvalue weighted by molar-refractivity contribution is 7.07. The summed E-state index contributed by atoms with van der Waals surface area (Å²) >= 11 is 0.732. The van der Waals surface area contributed by atoms with Crippen molar-refractivity contribution < 1.29 is 46.4 Å². The summed E-state index contributed by atoms with van der Waals surface area (Å²) < 4.78 is 72.1. The van der Waals surface area contributed by atoms with Crippen molar-refractivity contribution in [3.63, 3.8) is 0 Å². The van der Waals surface area contributed by atoms with Crippen LogP contribution in [0.3, 0.4) is 0 Å². The number of allylic oxidation sites excluding steroid dienone is 1. The van der Waals surface area contributed by atoms with Gasteiger partial charge >= 0.3 is 18.1 Å². The van der Waals surface area contributed by atoms with Crippen LogP contribution in [0.25, 0.3) is 16.8 Å². The predicted octanol–water partition coefficient (Wildman–Crippen LogP) is 4.84. The molecule has 0 unspecified atom stereocenters. The molecule has 10 nitrogen and oxygen atoms in total. The number of nitrogens with zero attached hydrogens (tertiary/aromatic N) is 2. The molecule has 0 saturated carbocycles. The number of ether oxygens (including phenoxy) is 5. The summed E-state index contributed by atoms with van der Waals surface area (Å²) in [7, 11) is 1.35. The van der Waals surface area contributed by atoms with Gasteiger partial charge in [0.1, 0.15) is 11.8 Å². The molecule has 0 radical (unpaired) electrons. The number of alkyl halides is 3. The van der Waals surface area contributed by atoms with Gasteiger partial charge in [-0.25, -0.2) is 14.6 Å². The van der Waals surface area contributed by atoms with Crippen LogP contribution in [0.2, 0.25) is 0 Å². The van der Waals surface area contributed by atoms with Gasteiger partial charge in [-0.1, -0.05) is 47.7 Å². The third-order valence-electron chi connectivity index (χ3n) is 7.24. The van der Waals surface area contributed by atoms with Gasteiger partial charge in [-0.05, 0) is 61.4 Å². The fourth-order valence-electron chi connectivity index (χ4n) is 5.34. The largest absolute Gasteiger partial charge is 0.496 e. The number of halogens is 3. The molecule has 48 heavy (non-hydrogen) atoms. The zero-order chi connectivity index (χ0) is 34.6. The van der Waals surface area contributed by atoms with Gasteiger partial charge in [0.2, 0.25) is 0 Å². The molecule has 0 bridgehead atoms. The summed E-state index contributed by atoms with van der Waals surface area (Å²) in [6.07, 6.45) is -3.60. The molecule has 252 valence electrons. The number of carbonyl (C=O) groups is 2. The van der Waals surface area contributed by atoms with Crippen LogP contribution >= 0.6 is 11.3 Å². The lowest BCUT2D eigenvalue weighted by atomic mass is 9.90. The number of fused-ring (bicyclic) bond motifs is 2. The van der Waals surface area contributed by atoms with Gasteiger partial charge in [-0.2, -0.15) is 13.2 Å². The van der Waals surface area contributed by atoms with E-state index in [0.717, 1.165) is 15.9 Å². The lowest BCUT2D eigenvalue weighted by Crippen LogP contribution is -2.41. The quantitative estimate of drug-likeness (QED) is 0.206. The normalized spacial score (nSPS) is 14.7. The number of aromatic nitrogens is 1. The number of carbonyl (C=O) groups excluding carboxylic acids is 2. The van der Waals surface area contributed by atoms with Gasteiger partial charge in [0.25, 0.3) is 5.56 Å². The van der Waals surface area contributed by atoms with Gasteiger partial charge in [0.05, 0.1) is 37.0 Å². The van der Waals surface area contributed by atoms with E-state index in [2.05, 4.69) is 4.99 Å². The first-order valence-corrected chi connectivity index (χ1v) is 15.7. The third kappa shape index (κ3) is 6.79. The Balaban J connectivity index is 1.75. The van der Waals surface area contributed by atoms with Gasteiger partial charge < -0.3 is 23.7 Å². The van der Waals surface area contributed by atoms with Crippen molar-refractivity contribution in [1.29, 1.82) is 0 Å². The van der Waals surface area contributed by atoms with Crippen molar-refractivity contribution in [3.05, 3.63) is 96.7 Å². The Kier molecular flexibility index (Phi) is 10.2. The number of methoxy groups -OCH3 is 1. The fraction of sp³-hybridized carbons (Fsp3) is 0.294. The molecule has 14 heteroatoms. The monoisotopic (exact) mass is 684 g/mol. The molecule has 0 spiro atoms. The van der Waals surface area contributed by atoms with E-state index in [9.17, 15) is 27.6 Å². The minimum absolute atomic E-state index is 0.0345. The van der Waals surface area contributed by atoms with E-state index < -0.39 is 41.0 Å². The summed E-state index contributed by atoms with van der Waals surface area (Å²) in [5.41, 5.74) is -2.37. The maximum Gasteiger partial charge on any atom is 0.434 e. The van der Waals surface area contributed by atoms with Crippen molar-refractivity contribution in [2.45, 2.75) is 33.0 Å². The maximum atomic E-state index is 14.7. The lowest BCUT2D eigenvalue weighted by molar-refractivity contribution is -0.145. The highest BCUT2D eigenvalue weighted by atomic mass is 32.1. The Morgan fingerprint density at radius 1 is 0.938 bits per heavy atom. The molecule has 1 aliphatic rings. The first-order chi connectivity index (χ1) is 23.0.